The molecule has 1 aliphatic carbocycles. The molecule has 0 amide bonds. The van der Waals surface area contributed by atoms with E-state index in [0.29, 0.717) is 24.2 Å². The minimum Gasteiger partial charge on any atom is -0.490 e. The molecule has 0 saturated heterocycles. The van der Waals surface area contributed by atoms with Crippen LogP contribution >= 0.6 is 0 Å². The zero-order valence-electron chi connectivity index (χ0n) is 20.8. The molecular weight excluding hydrogens is 473 g/mol. The van der Waals surface area contributed by atoms with Gasteiger partial charge >= 0.3 is 12.1 Å². The van der Waals surface area contributed by atoms with E-state index < -0.39 is 17.7 Å². The highest BCUT2D eigenvalue weighted by atomic mass is 19.4. The summed E-state index contributed by atoms with van der Waals surface area (Å²) < 4.78 is 45.8. The summed E-state index contributed by atoms with van der Waals surface area (Å²) in [5.74, 6) is -1.01. The number of carbonyl (C=O) groups is 1. The van der Waals surface area contributed by atoms with Crippen molar-refractivity contribution in [1.29, 1.82) is 0 Å². The molecule has 0 bridgehead atoms. The van der Waals surface area contributed by atoms with Gasteiger partial charge in [-0.15, -0.1) is 0 Å². The number of rotatable bonds is 11. The molecule has 36 heavy (non-hydrogen) atoms. The molecule has 1 unspecified atom stereocenters. The maximum absolute atomic E-state index is 13.5. The van der Waals surface area contributed by atoms with Crippen molar-refractivity contribution < 1.29 is 32.6 Å². The zero-order chi connectivity index (χ0) is 26.3. The van der Waals surface area contributed by atoms with Crippen LogP contribution in [0.15, 0.2) is 41.6 Å². The van der Waals surface area contributed by atoms with E-state index in [-0.39, 0.29) is 30.9 Å². The first-order valence-electron chi connectivity index (χ1n) is 12.2. The molecule has 9 heteroatoms. The monoisotopic (exact) mass is 506 g/mol. The van der Waals surface area contributed by atoms with Gasteiger partial charge in [0.05, 0.1) is 17.4 Å². The average Bonchev–Trinajstić information content (AvgIpc) is 2.81. The standard InChI is InChI=1S/C27H33F3N2O4/c1-17(2)36-25-13-12-19(15-23(25)27(28,29)30)16-35-32-18(3)20-7-4-9-22-21(20)8-5-10-24(22)31-14-6-11-26(33)34/h4,7,9,12-13,15,17,24,31H,5-6,8,10-11,14,16H2,1-3H3,(H,33,34)/b32-18+. The Morgan fingerprint density at radius 3 is 2.72 bits per heavy atom. The van der Waals surface area contributed by atoms with Crippen LogP contribution in [0, 0.1) is 0 Å². The van der Waals surface area contributed by atoms with Crippen LogP contribution in [0.3, 0.4) is 0 Å². The van der Waals surface area contributed by atoms with Crippen LogP contribution in [0.2, 0.25) is 0 Å². The fourth-order valence-corrected chi connectivity index (χ4v) is 4.41. The normalized spacial score (nSPS) is 16.1. The van der Waals surface area contributed by atoms with Gasteiger partial charge in [0.1, 0.15) is 12.4 Å². The number of nitrogens with zero attached hydrogens (tertiary/aromatic N) is 1. The third kappa shape index (κ3) is 7.46. The fraction of sp³-hybridized carbons (Fsp3) is 0.481. The highest BCUT2D eigenvalue weighted by molar-refractivity contribution is 6.00. The maximum atomic E-state index is 13.5. The summed E-state index contributed by atoms with van der Waals surface area (Å²) in [6.45, 7) is 5.69. The molecule has 0 radical (unpaired) electrons. The van der Waals surface area contributed by atoms with Crippen LogP contribution in [-0.2, 0) is 28.8 Å². The summed E-state index contributed by atoms with van der Waals surface area (Å²) in [6.07, 6.45) is -1.38. The predicted molar refractivity (Wildman–Crippen MR) is 131 cm³/mol. The maximum Gasteiger partial charge on any atom is 0.419 e. The molecule has 1 aliphatic rings. The summed E-state index contributed by atoms with van der Waals surface area (Å²) in [5, 5.41) is 16.5. The summed E-state index contributed by atoms with van der Waals surface area (Å²) in [4.78, 5) is 16.2. The number of benzene rings is 2. The van der Waals surface area contributed by atoms with Gasteiger partial charge in [-0.3, -0.25) is 4.79 Å². The van der Waals surface area contributed by atoms with E-state index in [4.69, 9.17) is 14.7 Å². The number of alkyl halides is 3. The van der Waals surface area contributed by atoms with Crippen LogP contribution < -0.4 is 10.1 Å². The molecule has 0 heterocycles. The Balaban J connectivity index is 1.70. The van der Waals surface area contributed by atoms with Crippen molar-refractivity contribution in [2.45, 2.75) is 77.8 Å². The summed E-state index contributed by atoms with van der Waals surface area (Å²) in [7, 11) is 0. The largest absolute Gasteiger partial charge is 0.490 e. The zero-order valence-corrected chi connectivity index (χ0v) is 20.8. The van der Waals surface area contributed by atoms with Crippen LogP contribution in [0.4, 0.5) is 13.2 Å². The molecule has 0 aliphatic heterocycles. The lowest BCUT2D eigenvalue weighted by Gasteiger charge is -2.28. The van der Waals surface area contributed by atoms with Crippen molar-refractivity contribution in [2.75, 3.05) is 6.54 Å². The Labute approximate surface area is 209 Å². The molecule has 2 aromatic rings. The number of hydrogen-bond donors (Lipinski definition) is 2. The number of aliphatic carboxylic acids is 1. The smallest absolute Gasteiger partial charge is 0.419 e. The Morgan fingerprint density at radius 2 is 2.03 bits per heavy atom. The van der Waals surface area contributed by atoms with Crippen LogP contribution in [-0.4, -0.2) is 29.4 Å². The molecule has 2 N–H and O–H groups in total. The number of carboxylic acid groups (broad SMARTS) is 1. The molecule has 0 spiro atoms. The van der Waals surface area contributed by atoms with Crippen molar-refractivity contribution >= 4 is 11.7 Å². The van der Waals surface area contributed by atoms with E-state index in [1.165, 1.54) is 17.2 Å². The molecule has 6 nitrogen and oxygen atoms in total. The van der Waals surface area contributed by atoms with Gasteiger partial charge in [-0.25, -0.2) is 0 Å². The molecule has 1 atom stereocenters. The lowest BCUT2D eigenvalue weighted by atomic mass is 9.84. The number of ether oxygens (including phenoxy) is 1. The Morgan fingerprint density at radius 1 is 1.25 bits per heavy atom. The molecule has 0 fully saturated rings. The van der Waals surface area contributed by atoms with E-state index in [2.05, 4.69) is 16.5 Å². The SMILES string of the molecule is C/C(=N\OCc1ccc(OC(C)C)c(C(F)(F)F)c1)c1cccc2c1CCCC2NCCCC(=O)O. The van der Waals surface area contributed by atoms with Crippen LogP contribution in [0.1, 0.15) is 80.3 Å². The second kappa shape index (κ2) is 12.3. The number of fused-ring (bicyclic) bond motifs is 1. The molecule has 0 aromatic heterocycles. The molecule has 0 saturated carbocycles. The number of halogens is 3. The van der Waals surface area contributed by atoms with Crippen LogP contribution in [0.5, 0.6) is 5.75 Å². The third-order valence-electron chi connectivity index (χ3n) is 6.00. The predicted octanol–water partition coefficient (Wildman–Crippen LogP) is 6.27. The Bertz CT molecular complexity index is 1080. The van der Waals surface area contributed by atoms with Crippen molar-refractivity contribution in [1.82, 2.24) is 5.32 Å². The van der Waals surface area contributed by atoms with Gasteiger partial charge < -0.3 is 20.0 Å². The van der Waals surface area contributed by atoms with E-state index in [1.54, 1.807) is 19.9 Å². The number of nitrogens with one attached hydrogen (secondary N) is 1. The van der Waals surface area contributed by atoms with Gasteiger partial charge in [-0.1, -0.05) is 29.4 Å². The first-order chi connectivity index (χ1) is 17.1. The van der Waals surface area contributed by atoms with Gasteiger partial charge in [0, 0.05) is 18.0 Å². The van der Waals surface area contributed by atoms with E-state index >= 15 is 0 Å². The van der Waals surface area contributed by atoms with Gasteiger partial charge in [0.2, 0.25) is 0 Å². The van der Waals surface area contributed by atoms with Crippen molar-refractivity contribution in [3.8, 4) is 5.75 Å². The second-order valence-electron chi connectivity index (χ2n) is 9.21. The highest BCUT2D eigenvalue weighted by Gasteiger charge is 2.35. The van der Waals surface area contributed by atoms with E-state index in [9.17, 15) is 18.0 Å². The fourth-order valence-electron chi connectivity index (χ4n) is 4.41. The van der Waals surface area contributed by atoms with Crippen LogP contribution in [0.25, 0.3) is 0 Å². The Hall–Kier alpha value is -3.07. The second-order valence-corrected chi connectivity index (χ2v) is 9.21. The molecule has 3 rings (SSSR count). The minimum atomic E-state index is -4.54. The summed E-state index contributed by atoms with van der Waals surface area (Å²) >= 11 is 0. The molecular formula is C27H33F3N2O4. The van der Waals surface area contributed by atoms with Gasteiger partial charge in [-0.05, 0) is 81.8 Å². The first kappa shape index (κ1) is 27.5. The van der Waals surface area contributed by atoms with E-state index in [1.807, 2.05) is 19.1 Å². The Kier molecular flexibility index (Phi) is 9.37. The third-order valence-corrected chi connectivity index (χ3v) is 6.00. The lowest BCUT2D eigenvalue weighted by Crippen LogP contribution is -2.27. The molecule has 2 aromatic carbocycles. The van der Waals surface area contributed by atoms with Crippen molar-refractivity contribution in [2.24, 2.45) is 5.16 Å². The van der Waals surface area contributed by atoms with Crippen molar-refractivity contribution in [3.63, 3.8) is 0 Å². The average molecular weight is 507 g/mol. The quantitative estimate of drug-likeness (QED) is 0.213. The number of hydrogen-bond acceptors (Lipinski definition) is 5. The minimum absolute atomic E-state index is 0.106. The van der Waals surface area contributed by atoms with E-state index in [0.717, 1.165) is 30.9 Å². The number of oxime groups is 1. The topological polar surface area (TPSA) is 80.2 Å². The van der Waals surface area contributed by atoms with Crippen molar-refractivity contribution in [3.05, 3.63) is 64.2 Å². The summed E-state index contributed by atoms with van der Waals surface area (Å²) in [6, 6.07) is 10.0. The first-order valence-corrected chi connectivity index (χ1v) is 12.2. The van der Waals surface area contributed by atoms with Gasteiger partial charge in [0.25, 0.3) is 0 Å². The lowest BCUT2D eigenvalue weighted by molar-refractivity contribution is -0.139. The van der Waals surface area contributed by atoms with Gasteiger partial charge in [-0.2, -0.15) is 13.2 Å². The summed E-state index contributed by atoms with van der Waals surface area (Å²) in [5.41, 5.74) is 3.43. The molecule has 196 valence electrons. The number of carboxylic acids is 1. The van der Waals surface area contributed by atoms with Gasteiger partial charge in [0.15, 0.2) is 0 Å². The highest BCUT2D eigenvalue weighted by Crippen LogP contribution is 2.37.